The molecule has 0 bridgehead atoms. The van der Waals surface area contributed by atoms with E-state index >= 15 is 0 Å². The molecule has 1 unspecified atom stereocenters. The fraction of sp³-hybridized carbons (Fsp3) is 0.375. The van der Waals surface area contributed by atoms with Gasteiger partial charge in [-0.05, 0) is 19.3 Å². The number of aliphatic hydroxyl groups is 1. The van der Waals surface area contributed by atoms with Gasteiger partial charge in [0.1, 0.15) is 0 Å². The van der Waals surface area contributed by atoms with Crippen molar-refractivity contribution in [2.75, 3.05) is 6.61 Å². The Labute approximate surface area is 145 Å². The zero-order chi connectivity index (χ0) is 13.8. The fourth-order valence-corrected chi connectivity index (χ4v) is 1.72. The minimum Gasteiger partial charge on any atom is -0.368 e. The van der Waals surface area contributed by atoms with Gasteiger partial charge < -0.3 is 9.84 Å². The minimum absolute atomic E-state index is 0. The summed E-state index contributed by atoms with van der Waals surface area (Å²) in [6.07, 6.45) is 3.77. The van der Waals surface area contributed by atoms with E-state index in [0.29, 0.717) is 0 Å². The molecule has 0 radical (unpaired) electrons. The van der Waals surface area contributed by atoms with Crippen molar-refractivity contribution in [1.82, 2.24) is 0 Å². The molecule has 0 saturated carbocycles. The van der Waals surface area contributed by atoms with Crippen molar-refractivity contribution < 1.29 is 36.0 Å². The van der Waals surface area contributed by atoms with Crippen LogP contribution in [0.5, 0.6) is 0 Å². The van der Waals surface area contributed by atoms with Crippen molar-refractivity contribution in [2.45, 2.75) is 32.0 Å². The fourth-order valence-electron chi connectivity index (χ4n) is 1.57. The molecule has 20 heavy (non-hydrogen) atoms. The Kier molecular flexibility index (Phi) is 13.6. The second-order valence-electron chi connectivity index (χ2n) is 4.24. The molecule has 1 saturated heterocycles. The molecule has 0 aromatic heterocycles. The quantitative estimate of drug-likeness (QED) is 0.697. The summed E-state index contributed by atoms with van der Waals surface area (Å²) < 4.78 is 4.96. The number of ether oxygens (including phenoxy) is 1. The molecule has 2 aromatic rings. The summed E-state index contributed by atoms with van der Waals surface area (Å²) in [5.41, 5.74) is 0. The van der Waals surface area contributed by atoms with E-state index in [0.717, 1.165) is 30.9 Å². The minimum atomic E-state index is -0.475. The van der Waals surface area contributed by atoms with Crippen LogP contribution in [0.3, 0.4) is 0 Å². The van der Waals surface area contributed by atoms with Gasteiger partial charge >= 0.3 is 26.2 Å². The number of hydrogen-bond donors (Lipinski definition) is 1. The van der Waals surface area contributed by atoms with Crippen molar-refractivity contribution in [3.05, 3.63) is 59.6 Å². The number of aliphatic hydroxyl groups excluding tert-OH is 1. The Bertz CT molecular complexity index is 348. The summed E-state index contributed by atoms with van der Waals surface area (Å²) in [5.74, 6) is 0. The van der Waals surface area contributed by atoms with E-state index in [9.17, 15) is 0 Å². The van der Waals surface area contributed by atoms with E-state index in [2.05, 4.69) is 0 Å². The monoisotopic (exact) mass is 370 g/mol. The van der Waals surface area contributed by atoms with Crippen LogP contribution in [-0.4, -0.2) is 18.0 Å². The Balaban J connectivity index is 0.000000271. The predicted molar refractivity (Wildman–Crippen MR) is 79.5 cm³/mol. The molecule has 3 rings (SSSR count). The van der Waals surface area contributed by atoms with Gasteiger partial charge in [-0.1, -0.05) is 11.4 Å². The van der Waals surface area contributed by atoms with Gasteiger partial charge in [-0.25, -0.2) is 24.3 Å². The summed E-state index contributed by atoms with van der Waals surface area (Å²) in [4.78, 5) is 0. The van der Waals surface area contributed by atoms with Gasteiger partial charge in [0.05, 0.1) is 0 Å². The van der Waals surface area contributed by atoms with Crippen LogP contribution in [0.25, 0.3) is 0 Å². The molecule has 1 aliphatic rings. The molecular weight excluding hydrogens is 351 g/mol. The van der Waals surface area contributed by atoms with Gasteiger partial charge in [0, 0.05) is 6.61 Å². The summed E-state index contributed by atoms with van der Waals surface area (Å²) in [5, 5.41) is 9.68. The van der Waals surface area contributed by atoms with Crippen LogP contribution >= 0.6 is 11.6 Å². The first kappa shape index (κ1) is 19.8. The Morgan fingerprint density at radius 2 is 1.70 bits per heavy atom. The summed E-state index contributed by atoms with van der Waals surface area (Å²) >= 11 is 5.46. The maximum atomic E-state index is 8.87. The van der Waals surface area contributed by atoms with Crippen LogP contribution in [0.4, 0.5) is 0 Å². The van der Waals surface area contributed by atoms with E-state index in [-0.39, 0.29) is 26.2 Å². The van der Waals surface area contributed by atoms with E-state index in [1.54, 1.807) is 0 Å². The van der Waals surface area contributed by atoms with Gasteiger partial charge in [-0.2, -0.15) is 41.9 Å². The van der Waals surface area contributed by atoms with Crippen LogP contribution in [0.2, 0.25) is 5.02 Å². The van der Waals surface area contributed by atoms with Gasteiger partial charge in [0.15, 0.2) is 6.29 Å². The summed E-state index contributed by atoms with van der Waals surface area (Å²) in [7, 11) is 0. The number of halogens is 1. The molecule has 0 aliphatic carbocycles. The van der Waals surface area contributed by atoms with Crippen LogP contribution < -0.4 is 0 Å². The van der Waals surface area contributed by atoms with Crippen molar-refractivity contribution in [3.63, 3.8) is 0 Å². The van der Waals surface area contributed by atoms with Crippen LogP contribution in [-0.2, 0) is 30.9 Å². The third kappa shape index (κ3) is 11.6. The molecule has 2 aromatic carbocycles. The standard InChI is InChI=1S/C6H12O2.C5H4Cl.C5H5.Zr/c7-6-4-2-1-3-5-8-6;6-5-3-1-2-4-5;1-2-4-5-3-1;/h6-7H,1-5H2;1-4H;1-5H;/q;2*-1;+2. The van der Waals surface area contributed by atoms with E-state index in [1.165, 1.54) is 6.42 Å². The normalized spacial score (nSPS) is 17.4. The summed E-state index contributed by atoms with van der Waals surface area (Å²) in [6, 6.07) is 17.5. The first-order valence-electron chi connectivity index (χ1n) is 6.62. The van der Waals surface area contributed by atoms with Crippen molar-refractivity contribution >= 4 is 11.6 Å². The van der Waals surface area contributed by atoms with Gasteiger partial charge in [0.25, 0.3) is 0 Å². The topological polar surface area (TPSA) is 29.5 Å². The second-order valence-corrected chi connectivity index (χ2v) is 4.68. The van der Waals surface area contributed by atoms with Crippen LogP contribution in [0.15, 0.2) is 54.6 Å². The number of hydrogen-bond acceptors (Lipinski definition) is 2. The first-order chi connectivity index (χ1) is 9.29. The van der Waals surface area contributed by atoms with Gasteiger partial charge in [-0.15, -0.1) is 0 Å². The molecule has 1 N–H and O–H groups in total. The molecule has 1 heterocycles. The molecule has 1 atom stereocenters. The summed E-state index contributed by atoms with van der Waals surface area (Å²) in [6.45, 7) is 0.737. The SMILES string of the molecule is Cl[c-]1cccc1.OC1CCCCCO1.[Zr+2].c1cc[cH-]c1. The van der Waals surface area contributed by atoms with E-state index < -0.39 is 6.29 Å². The van der Waals surface area contributed by atoms with E-state index in [4.69, 9.17) is 21.4 Å². The smallest absolute Gasteiger partial charge is 0.368 e. The molecular formula is C16H21ClO2Zr. The molecule has 1 fully saturated rings. The van der Waals surface area contributed by atoms with Crippen molar-refractivity contribution in [3.8, 4) is 0 Å². The third-order valence-corrected chi connectivity index (χ3v) is 2.84. The van der Waals surface area contributed by atoms with Crippen LogP contribution in [0.1, 0.15) is 25.7 Å². The third-order valence-electron chi connectivity index (χ3n) is 2.58. The van der Waals surface area contributed by atoms with Crippen molar-refractivity contribution in [2.24, 2.45) is 0 Å². The maximum Gasteiger partial charge on any atom is 2.00 e. The molecule has 4 heteroatoms. The molecule has 1 aliphatic heterocycles. The average molecular weight is 372 g/mol. The Morgan fingerprint density at radius 3 is 2.15 bits per heavy atom. The van der Waals surface area contributed by atoms with Gasteiger partial charge in [-0.3, -0.25) is 0 Å². The average Bonchev–Trinajstić information content (AvgIpc) is 3.07. The Morgan fingerprint density at radius 1 is 1.05 bits per heavy atom. The van der Waals surface area contributed by atoms with Crippen LogP contribution in [0, 0.1) is 0 Å². The molecule has 2 nitrogen and oxygen atoms in total. The maximum absolute atomic E-state index is 8.87. The second kappa shape index (κ2) is 13.8. The van der Waals surface area contributed by atoms with E-state index in [1.807, 2.05) is 54.6 Å². The van der Waals surface area contributed by atoms with Gasteiger partial charge in [0.2, 0.25) is 0 Å². The molecule has 0 spiro atoms. The van der Waals surface area contributed by atoms with Crippen molar-refractivity contribution in [1.29, 1.82) is 0 Å². The zero-order valence-corrected chi connectivity index (χ0v) is 14.8. The zero-order valence-electron chi connectivity index (χ0n) is 11.5. The Hall–Kier alpha value is -0.207. The molecule has 108 valence electrons. The first-order valence-corrected chi connectivity index (χ1v) is 7.00. The predicted octanol–water partition coefficient (Wildman–Crippen LogP) is 4.36. The molecule has 0 amide bonds. The number of rotatable bonds is 0. The largest absolute Gasteiger partial charge is 2.00 e.